The van der Waals surface area contributed by atoms with Crippen LogP contribution in [-0.2, 0) is 0 Å². The molecule has 0 bridgehead atoms. The second-order valence-corrected chi connectivity index (χ2v) is 5.73. The lowest BCUT2D eigenvalue weighted by atomic mass is 9.74. The molecule has 74 valence electrons. The first-order valence-electron chi connectivity index (χ1n) is 4.88. The minimum absolute atomic E-state index is 0.327. The molecule has 0 aromatic rings. The highest BCUT2D eigenvalue weighted by atomic mass is 16.2. The minimum Gasteiger partial charge on any atom is -0.396 e. The van der Waals surface area contributed by atoms with Crippen molar-refractivity contribution < 1.29 is 5.11 Å². The van der Waals surface area contributed by atoms with Crippen molar-refractivity contribution in [2.24, 2.45) is 10.8 Å². The lowest BCUT2D eigenvalue weighted by molar-refractivity contribution is 0.176. The molecule has 0 saturated carbocycles. The highest BCUT2D eigenvalue weighted by molar-refractivity contribution is 4.75. The molecule has 1 heteroatoms. The molecule has 0 unspecified atom stereocenters. The van der Waals surface area contributed by atoms with Crippen molar-refractivity contribution in [1.82, 2.24) is 0 Å². The van der Waals surface area contributed by atoms with Gasteiger partial charge in [0.2, 0.25) is 0 Å². The summed E-state index contributed by atoms with van der Waals surface area (Å²) in [6.45, 7) is 11.7. The maximum atomic E-state index is 8.73. The number of rotatable bonds is 4. The van der Waals surface area contributed by atoms with E-state index in [-0.39, 0.29) is 0 Å². The Kier molecular flexibility index (Phi) is 4.25. The van der Waals surface area contributed by atoms with Gasteiger partial charge < -0.3 is 5.11 Å². The average molecular weight is 172 g/mol. The van der Waals surface area contributed by atoms with Crippen LogP contribution in [0.1, 0.15) is 53.9 Å². The van der Waals surface area contributed by atoms with Crippen LogP contribution in [0.5, 0.6) is 0 Å². The normalized spacial score (nSPS) is 13.5. The number of hydrogen-bond donors (Lipinski definition) is 1. The number of aliphatic hydroxyl groups excluding tert-OH is 1. The third-order valence-corrected chi connectivity index (χ3v) is 2.02. The first kappa shape index (κ1) is 12.0. The van der Waals surface area contributed by atoms with E-state index in [1.165, 1.54) is 6.42 Å². The van der Waals surface area contributed by atoms with Gasteiger partial charge in [-0.25, -0.2) is 0 Å². The summed E-state index contributed by atoms with van der Waals surface area (Å²) in [5.41, 5.74) is 0.778. The Labute approximate surface area is 77.2 Å². The van der Waals surface area contributed by atoms with Crippen LogP contribution in [0.2, 0.25) is 0 Å². The topological polar surface area (TPSA) is 20.2 Å². The van der Waals surface area contributed by atoms with Crippen molar-refractivity contribution >= 4 is 0 Å². The van der Waals surface area contributed by atoms with Gasteiger partial charge in [0.25, 0.3) is 0 Å². The quantitative estimate of drug-likeness (QED) is 0.690. The van der Waals surface area contributed by atoms with E-state index in [4.69, 9.17) is 5.11 Å². The maximum Gasteiger partial charge on any atom is 0.0431 e. The Balaban J connectivity index is 3.86. The van der Waals surface area contributed by atoms with Crippen LogP contribution in [0.15, 0.2) is 0 Å². The first-order chi connectivity index (χ1) is 5.27. The van der Waals surface area contributed by atoms with Gasteiger partial charge >= 0.3 is 0 Å². The van der Waals surface area contributed by atoms with Crippen molar-refractivity contribution in [3.63, 3.8) is 0 Å². The van der Waals surface area contributed by atoms with Crippen LogP contribution >= 0.6 is 0 Å². The van der Waals surface area contributed by atoms with Crippen LogP contribution < -0.4 is 0 Å². The third kappa shape index (κ3) is 6.66. The summed E-state index contributed by atoms with van der Waals surface area (Å²) < 4.78 is 0. The maximum absolute atomic E-state index is 8.73. The minimum atomic E-state index is 0.327. The van der Waals surface area contributed by atoms with Gasteiger partial charge in [-0.15, -0.1) is 0 Å². The molecule has 0 aliphatic heterocycles. The predicted molar refractivity (Wildman–Crippen MR) is 54.2 cm³/mol. The van der Waals surface area contributed by atoms with Gasteiger partial charge in [-0.1, -0.05) is 34.6 Å². The molecule has 12 heavy (non-hydrogen) atoms. The number of hydrogen-bond acceptors (Lipinski definition) is 1. The zero-order valence-electron chi connectivity index (χ0n) is 9.28. The highest BCUT2D eigenvalue weighted by Gasteiger charge is 2.24. The van der Waals surface area contributed by atoms with Crippen molar-refractivity contribution in [3.05, 3.63) is 0 Å². The molecular formula is C11H24O. The largest absolute Gasteiger partial charge is 0.396 e. The van der Waals surface area contributed by atoms with E-state index in [9.17, 15) is 0 Å². The second kappa shape index (κ2) is 4.27. The standard InChI is InChI=1S/C11H24O/c1-10(2,3)9-11(4,5)7-6-8-12/h12H,6-9H2,1-5H3. The van der Waals surface area contributed by atoms with Crippen LogP contribution in [0.3, 0.4) is 0 Å². The van der Waals surface area contributed by atoms with Gasteiger partial charge in [-0.2, -0.15) is 0 Å². The van der Waals surface area contributed by atoms with E-state index in [0.717, 1.165) is 12.8 Å². The van der Waals surface area contributed by atoms with Crippen molar-refractivity contribution in [2.45, 2.75) is 53.9 Å². The Hall–Kier alpha value is -0.0400. The molecule has 1 nitrogen and oxygen atoms in total. The lowest BCUT2D eigenvalue weighted by Crippen LogP contribution is -2.20. The molecule has 0 aromatic carbocycles. The smallest absolute Gasteiger partial charge is 0.0431 e. The molecule has 0 aromatic heterocycles. The summed E-state index contributed by atoms with van der Waals surface area (Å²) in [7, 11) is 0. The fourth-order valence-electron chi connectivity index (χ4n) is 2.08. The first-order valence-corrected chi connectivity index (χ1v) is 4.88. The highest BCUT2D eigenvalue weighted by Crippen LogP contribution is 2.36. The predicted octanol–water partition coefficient (Wildman–Crippen LogP) is 3.22. The molecule has 0 aliphatic rings. The van der Waals surface area contributed by atoms with Gasteiger partial charge in [0.15, 0.2) is 0 Å². The molecule has 0 saturated heterocycles. The van der Waals surface area contributed by atoms with Crippen LogP contribution in [0.4, 0.5) is 0 Å². The second-order valence-electron chi connectivity index (χ2n) is 5.73. The SMILES string of the molecule is CC(C)(C)CC(C)(C)CCCO. The Morgan fingerprint density at radius 1 is 1.00 bits per heavy atom. The Morgan fingerprint density at radius 2 is 1.50 bits per heavy atom. The van der Waals surface area contributed by atoms with Gasteiger partial charge in [0, 0.05) is 6.61 Å². The van der Waals surface area contributed by atoms with Crippen LogP contribution in [-0.4, -0.2) is 11.7 Å². The monoisotopic (exact) mass is 172 g/mol. The Morgan fingerprint density at radius 3 is 1.83 bits per heavy atom. The zero-order chi connectivity index (χ0) is 9.83. The summed E-state index contributed by atoms with van der Waals surface area (Å²) in [4.78, 5) is 0. The zero-order valence-corrected chi connectivity index (χ0v) is 9.28. The van der Waals surface area contributed by atoms with E-state index >= 15 is 0 Å². The lowest BCUT2D eigenvalue weighted by Gasteiger charge is -2.32. The summed E-state index contributed by atoms with van der Waals surface area (Å²) in [5.74, 6) is 0. The fourth-order valence-corrected chi connectivity index (χ4v) is 2.08. The van der Waals surface area contributed by atoms with Gasteiger partial charge in [0.05, 0.1) is 0 Å². The van der Waals surface area contributed by atoms with E-state index in [1.54, 1.807) is 0 Å². The molecule has 0 amide bonds. The van der Waals surface area contributed by atoms with E-state index in [2.05, 4.69) is 34.6 Å². The molecule has 0 heterocycles. The van der Waals surface area contributed by atoms with Crippen molar-refractivity contribution in [1.29, 1.82) is 0 Å². The Bertz CT molecular complexity index is 119. The molecule has 0 rings (SSSR count). The average Bonchev–Trinajstić information content (AvgIpc) is 1.78. The summed E-state index contributed by atoms with van der Waals surface area (Å²) in [6.07, 6.45) is 3.28. The van der Waals surface area contributed by atoms with E-state index in [1.807, 2.05) is 0 Å². The van der Waals surface area contributed by atoms with Gasteiger partial charge in [-0.05, 0) is 30.1 Å². The van der Waals surface area contributed by atoms with Crippen molar-refractivity contribution in [2.75, 3.05) is 6.61 Å². The molecule has 0 radical (unpaired) electrons. The fraction of sp³-hybridized carbons (Fsp3) is 1.00. The third-order valence-electron chi connectivity index (χ3n) is 2.02. The summed E-state index contributed by atoms with van der Waals surface area (Å²) in [5, 5.41) is 8.73. The van der Waals surface area contributed by atoms with E-state index in [0.29, 0.717) is 17.4 Å². The molecule has 0 spiro atoms. The molecule has 0 aliphatic carbocycles. The molecule has 0 atom stereocenters. The van der Waals surface area contributed by atoms with Crippen LogP contribution in [0, 0.1) is 10.8 Å². The summed E-state index contributed by atoms with van der Waals surface area (Å²) >= 11 is 0. The van der Waals surface area contributed by atoms with Gasteiger partial charge in [0.1, 0.15) is 0 Å². The molecular weight excluding hydrogens is 148 g/mol. The molecule has 0 fully saturated rings. The van der Waals surface area contributed by atoms with Gasteiger partial charge in [-0.3, -0.25) is 0 Å². The van der Waals surface area contributed by atoms with Crippen molar-refractivity contribution in [3.8, 4) is 0 Å². The summed E-state index contributed by atoms with van der Waals surface area (Å²) in [6, 6.07) is 0. The van der Waals surface area contributed by atoms with Crippen LogP contribution in [0.25, 0.3) is 0 Å². The van der Waals surface area contributed by atoms with E-state index < -0.39 is 0 Å². The number of aliphatic hydroxyl groups is 1. The molecule has 1 N–H and O–H groups in total.